The molecule has 0 fully saturated rings. The third-order valence-electron chi connectivity index (χ3n) is 5.37. The Morgan fingerprint density at radius 2 is 1.81 bits per heavy atom. The molecule has 4 rings (SSSR count). The van der Waals surface area contributed by atoms with E-state index in [1.54, 1.807) is 6.20 Å². The molecule has 2 aromatic heterocycles. The number of H-pyrrole nitrogens is 1. The average molecular weight is 486 g/mol. The summed E-state index contributed by atoms with van der Waals surface area (Å²) >= 11 is 0. The molecule has 0 saturated carbocycles. The van der Waals surface area contributed by atoms with E-state index in [1.807, 2.05) is 88.4 Å². The van der Waals surface area contributed by atoms with Gasteiger partial charge in [0.1, 0.15) is 24.0 Å². The van der Waals surface area contributed by atoms with Gasteiger partial charge in [0.15, 0.2) is 0 Å². The second kappa shape index (κ2) is 11.1. The molecule has 4 aromatic rings. The number of benzene rings is 2. The van der Waals surface area contributed by atoms with E-state index < -0.39 is 5.91 Å². The molecule has 186 valence electrons. The van der Waals surface area contributed by atoms with Gasteiger partial charge in [0.2, 0.25) is 5.82 Å². The fourth-order valence-corrected chi connectivity index (χ4v) is 3.62. The molecule has 2 N–H and O–H groups in total. The normalized spacial score (nSPS) is 11.3. The second-order valence-corrected chi connectivity index (χ2v) is 9.45. The van der Waals surface area contributed by atoms with E-state index in [0.29, 0.717) is 31.3 Å². The first-order valence-corrected chi connectivity index (χ1v) is 11.9. The maximum atomic E-state index is 12.7. The van der Waals surface area contributed by atoms with Crippen molar-refractivity contribution in [1.82, 2.24) is 20.2 Å². The lowest BCUT2D eigenvalue weighted by atomic mass is 10.0. The zero-order valence-corrected chi connectivity index (χ0v) is 21.0. The number of aromatic nitrogens is 4. The Labute approximate surface area is 211 Å². The standard InChI is InChI=1S/C28H31N5O3/c1-19-10-11-22(35-14-15-36-28(2,3)4)18-23(19)21-12-13-29-24(17-21)31-27(34)26-30-25(32-33-26)16-20-8-6-5-7-9-20/h5-13,17-18H,14-16H2,1-4H3,(H,29,31,34)(H,30,32,33). The zero-order chi connectivity index (χ0) is 25.5. The third kappa shape index (κ3) is 6.99. The lowest BCUT2D eigenvalue weighted by molar-refractivity contribution is -0.0163. The van der Waals surface area contributed by atoms with Crippen LogP contribution in [0.4, 0.5) is 5.82 Å². The number of carbonyl (C=O) groups is 1. The fraction of sp³-hybridized carbons (Fsp3) is 0.286. The van der Waals surface area contributed by atoms with Gasteiger partial charge in [-0.2, -0.15) is 0 Å². The fourth-order valence-electron chi connectivity index (χ4n) is 3.62. The van der Waals surface area contributed by atoms with Crippen LogP contribution in [0.2, 0.25) is 0 Å². The molecule has 0 unspecified atom stereocenters. The van der Waals surface area contributed by atoms with Crippen molar-refractivity contribution in [3.8, 4) is 16.9 Å². The van der Waals surface area contributed by atoms with E-state index in [9.17, 15) is 4.79 Å². The van der Waals surface area contributed by atoms with Crippen LogP contribution in [0.15, 0.2) is 66.9 Å². The molecule has 0 spiro atoms. The van der Waals surface area contributed by atoms with Gasteiger partial charge in [-0.25, -0.2) is 4.98 Å². The molecule has 1 amide bonds. The minimum Gasteiger partial charge on any atom is -0.491 e. The monoisotopic (exact) mass is 485 g/mol. The first-order chi connectivity index (χ1) is 17.3. The number of hydrogen-bond acceptors (Lipinski definition) is 6. The van der Waals surface area contributed by atoms with Gasteiger partial charge in [0, 0.05) is 12.6 Å². The summed E-state index contributed by atoms with van der Waals surface area (Å²) in [4.78, 5) is 20.0. The zero-order valence-electron chi connectivity index (χ0n) is 21.0. The topological polar surface area (TPSA) is 102 Å². The van der Waals surface area contributed by atoms with Crippen molar-refractivity contribution in [3.05, 3.63) is 89.6 Å². The Morgan fingerprint density at radius 3 is 2.58 bits per heavy atom. The summed E-state index contributed by atoms with van der Waals surface area (Å²) in [7, 11) is 0. The highest BCUT2D eigenvalue weighted by atomic mass is 16.5. The Balaban J connectivity index is 1.42. The van der Waals surface area contributed by atoms with Gasteiger partial charge < -0.3 is 19.8 Å². The number of carbonyl (C=O) groups excluding carboxylic acids is 1. The molecule has 8 nitrogen and oxygen atoms in total. The number of rotatable bonds is 9. The summed E-state index contributed by atoms with van der Waals surface area (Å²) in [6.45, 7) is 9.05. The van der Waals surface area contributed by atoms with Crippen LogP contribution in [0.5, 0.6) is 5.75 Å². The predicted octanol–water partition coefficient (Wildman–Crippen LogP) is 5.21. The lowest BCUT2D eigenvalue weighted by Crippen LogP contribution is -2.22. The summed E-state index contributed by atoms with van der Waals surface area (Å²) < 4.78 is 11.6. The van der Waals surface area contributed by atoms with E-state index in [1.165, 1.54) is 0 Å². The second-order valence-electron chi connectivity index (χ2n) is 9.45. The Bertz CT molecular complexity index is 1310. The summed E-state index contributed by atoms with van der Waals surface area (Å²) in [5, 5.41) is 10.9. The minimum atomic E-state index is -0.404. The molecule has 2 aromatic carbocycles. The molecule has 0 atom stereocenters. The van der Waals surface area contributed by atoms with Crippen LogP contribution in [0.25, 0.3) is 11.1 Å². The predicted molar refractivity (Wildman–Crippen MR) is 139 cm³/mol. The van der Waals surface area contributed by atoms with Gasteiger partial charge in [-0.3, -0.25) is 4.79 Å². The van der Waals surface area contributed by atoms with Crippen molar-refractivity contribution in [2.75, 3.05) is 18.5 Å². The molecule has 8 heteroatoms. The molecule has 0 aliphatic carbocycles. The van der Waals surface area contributed by atoms with E-state index in [4.69, 9.17) is 9.47 Å². The molecule has 0 bridgehead atoms. The summed E-state index contributed by atoms with van der Waals surface area (Å²) in [5.74, 6) is 1.52. The summed E-state index contributed by atoms with van der Waals surface area (Å²) in [6.07, 6.45) is 2.23. The highest BCUT2D eigenvalue weighted by Gasteiger charge is 2.14. The highest BCUT2D eigenvalue weighted by Crippen LogP contribution is 2.29. The smallest absolute Gasteiger partial charge is 0.294 e. The lowest BCUT2D eigenvalue weighted by Gasteiger charge is -2.19. The van der Waals surface area contributed by atoms with Crippen LogP contribution >= 0.6 is 0 Å². The quantitative estimate of drug-likeness (QED) is 0.316. The van der Waals surface area contributed by atoms with Crippen molar-refractivity contribution >= 4 is 11.7 Å². The van der Waals surface area contributed by atoms with E-state index in [0.717, 1.165) is 28.0 Å². The third-order valence-corrected chi connectivity index (χ3v) is 5.37. The minimum absolute atomic E-state index is 0.136. The Hall–Kier alpha value is -4.04. The molecule has 0 aliphatic heterocycles. The molecule has 2 heterocycles. The van der Waals surface area contributed by atoms with Gasteiger partial charge in [-0.15, -0.1) is 10.2 Å². The van der Waals surface area contributed by atoms with Crippen molar-refractivity contribution in [3.63, 3.8) is 0 Å². The van der Waals surface area contributed by atoms with Crippen LogP contribution < -0.4 is 10.1 Å². The number of anilines is 1. The number of nitrogens with zero attached hydrogens (tertiary/aromatic N) is 3. The number of nitrogens with one attached hydrogen (secondary N) is 2. The highest BCUT2D eigenvalue weighted by molar-refractivity contribution is 6.01. The largest absolute Gasteiger partial charge is 0.491 e. The first kappa shape index (κ1) is 25.1. The van der Waals surface area contributed by atoms with Crippen LogP contribution in [0, 0.1) is 6.92 Å². The van der Waals surface area contributed by atoms with Gasteiger partial charge >= 0.3 is 0 Å². The van der Waals surface area contributed by atoms with Crippen molar-refractivity contribution in [2.45, 2.75) is 39.7 Å². The van der Waals surface area contributed by atoms with Crippen LogP contribution in [0.3, 0.4) is 0 Å². The van der Waals surface area contributed by atoms with Crippen LogP contribution in [-0.2, 0) is 11.2 Å². The van der Waals surface area contributed by atoms with E-state index in [2.05, 4.69) is 25.5 Å². The van der Waals surface area contributed by atoms with Gasteiger partial charge in [-0.05, 0) is 74.2 Å². The van der Waals surface area contributed by atoms with Gasteiger partial charge in [0.25, 0.3) is 5.91 Å². The number of aromatic amines is 1. The first-order valence-electron chi connectivity index (χ1n) is 11.9. The Morgan fingerprint density at radius 1 is 1.00 bits per heavy atom. The molecule has 0 radical (unpaired) electrons. The van der Waals surface area contributed by atoms with E-state index >= 15 is 0 Å². The van der Waals surface area contributed by atoms with Crippen LogP contribution in [0.1, 0.15) is 48.3 Å². The SMILES string of the molecule is Cc1ccc(OCCOC(C)(C)C)cc1-c1ccnc(NC(=O)c2nnc(Cc3ccccc3)[nH]2)c1. The summed E-state index contributed by atoms with van der Waals surface area (Å²) in [5.41, 5.74) is 3.87. The summed E-state index contributed by atoms with van der Waals surface area (Å²) in [6, 6.07) is 19.5. The molecule has 0 saturated heterocycles. The maximum Gasteiger partial charge on any atom is 0.294 e. The molecule has 36 heavy (non-hydrogen) atoms. The number of amides is 1. The van der Waals surface area contributed by atoms with Crippen molar-refractivity contribution < 1.29 is 14.3 Å². The molecular formula is C28H31N5O3. The maximum absolute atomic E-state index is 12.7. The van der Waals surface area contributed by atoms with Gasteiger partial charge in [0.05, 0.1) is 12.2 Å². The van der Waals surface area contributed by atoms with Gasteiger partial charge in [-0.1, -0.05) is 36.4 Å². The number of ether oxygens (including phenoxy) is 2. The van der Waals surface area contributed by atoms with Crippen LogP contribution in [-0.4, -0.2) is 44.9 Å². The average Bonchev–Trinajstić information content (AvgIpc) is 3.32. The number of hydrogen-bond donors (Lipinski definition) is 2. The Kier molecular flexibility index (Phi) is 7.75. The number of pyridine rings is 1. The van der Waals surface area contributed by atoms with Crippen molar-refractivity contribution in [1.29, 1.82) is 0 Å². The van der Waals surface area contributed by atoms with E-state index in [-0.39, 0.29) is 11.4 Å². The van der Waals surface area contributed by atoms with Crippen molar-refractivity contribution in [2.24, 2.45) is 0 Å². The molecule has 0 aliphatic rings. The number of aryl methyl sites for hydroxylation is 1. The molecular weight excluding hydrogens is 454 g/mol.